The fourth-order valence-corrected chi connectivity index (χ4v) is 4.26. The van der Waals surface area contributed by atoms with Gasteiger partial charge in [-0.3, -0.25) is 13.6 Å². The number of nitrogens with two attached hydrogens (primary N) is 1. The lowest BCUT2D eigenvalue weighted by Crippen LogP contribution is -2.54. The van der Waals surface area contributed by atoms with Gasteiger partial charge in [-0.1, -0.05) is 6.92 Å². The molecule has 5 N–H and O–H groups in total. The van der Waals surface area contributed by atoms with Crippen LogP contribution in [0.3, 0.4) is 0 Å². The molecule has 0 amide bonds. The minimum absolute atomic E-state index is 0.236. The summed E-state index contributed by atoms with van der Waals surface area (Å²) >= 11 is 0. The summed E-state index contributed by atoms with van der Waals surface area (Å²) in [4.78, 5) is 0. The smallest absolute Gasteiger partial charge is 0.386 e. The molecule has 27 heavy (non-hydrogen) atoms. The molecule has 5 unspecified atom stereocenters. The van der Waals surface area contributed by atoms with Crippen molar-refractivity contribution in [3.8, 4) is 0 Å². The van der Waals surface area contributed by atoms with Gasteiger partial charge < -0.3 is 30.2 Å². The van der Waals surface area contributed by atoms with Crippen LogP contribution in [0.5, 0.6) is 0 Å². The molecule has 2 aliphatic heterocycles. The number of hydrogen-bond donors (Lipinski definition) is 4. The Labute approximate surface area is 157 Å². The van der Waals surface area contributed by atoms with E-state index in [1.807, 2.05) is 6.92 Å². The molecule has 2 fully saturated rings. The second-order valence-corrected chi connectivity index (χ2v) is 8.07. The van der Waals surface area contributed by atoms with Gasteiger partial charge in [0.05, 0.1) is 13.2 Å². The number of phosphoric ester groups is 1. The van der Waals surface area contributed by atoms with E-state index in [0.29, 0.717) is 6.42 Å². The normalized spacial score (nSPS) is 42.0. The van der Waals surface area contributed by atoms with Crippen molar-refractivity contribution < 1.29 is 42.6 Å². The number of ether oxygens (including phenoxy) is 3. The van der Waals surface area contributed by atoms with Gasteiger partial charge in [0.15, 0.2) is 6.23 Å². The fourth-order valence-electron chi connectivity index (χ4n) is 3.08. The van der Waals surface area contributed by atoms with Gasteiger partial charge in [0.1, 0.15) is 36.7 Å². The lowest BCUT2D eigenvalue weighted by molar-refractivity contribution is -0.160. The van der Waals surface area contributed by atoms with Gasteiger partial charge >= 0.3 is 7.82 Å². The van der Waals surface area contributed by atoms with Crippen molar-refractivity contribution in [2.45, 2.75) is 56.3 Å². The van der Waals surface area contributed by atoms with Gasteiger partial charge in [-0.15, -0.1) is 0 Å². The highest BCUT2D eigenvalue weighted by atomic mass is 31.2. The van der Waals surface area contributed by atoms with E-state index in [-0.39, 0.29) is 19.1 Å². The van der Waals surface area contributed by atoms with Crippen LogP contribution in [-0.2, 0) is 32.3 Å². The van der Waals surface area contributed by atoms with E-state index in [0.717, 1.165) is 7.11 Å². The predicted molar refractivity (Wildman–Crippen MR) is 89.8 cm³/mol. The molecule has 12 nitrogen and oxygen atoms in total. The first-order chi connectivity index (χ1) is 12.8. The number of aliphatic hydroxyl groups excluding tert-OH is 2. The van der Waals surface area contributed by atoms with E-state index >= 15 is 0 Å². The van der Waals surface area contributed by atoms with E-state index in [1.165, 1.54) is 7.11 Å². The van der Waals surface area contributed by atoms with Crippen molar-refractivity contribution in [2.24, 2.45) is 16.8 Å². The first kappa shape index (κ1) is 22.8. The third-order valence-electron chi connectivity index (χ3n) is 4.75. The molecular formula is C14H28N3O9P. The second-order valence-electron chi connectivity index (χ2n) is 6.34. The molecule has 9 atom stereocenters. The molecule has 0 spiro atoms. The van der Waals surface area contributed by atoms with Crippen LogP contribution in [0.25, 0.3) is 0 Å². The fraction of sp³-hybridized carbons (Fsp3) is 1.00. The van der Waals surface area contributed by atoms with Gasteiger partial charge in [-0.05, 0) is 6.42 Å². The summed E-state index contributed by atoms with van der Waals surface area (Å²) in [6, 6.07) is 0. The summed E-state index contributed by atoms with van der Waals surface area (Å²) in [6.45, 7) is 1.79. The first-order valence-electron chi connectivity index (χ1n) is 8.57. The number of aliphatic hydroxyl groups is 2. The summed E-state index contributed by atoms with van der Waals surface area (Å²) in [6.07, 6.45) is -6.45. The maximum Gasteiger partial charge on any atom is 0.474 e. The molecular weight excluding hydrogens is 385 g/mol. The molecule has 2 aliphatic rings. The molecule has 0 radical (unpaired) electrons. The van der Waals surface area contributed by atoms with Crippen molar-refractivity contribution in [3.05, 3.63) is 0 Å². The van der Waals surface area contributed by atoms with Crippen molar-refractivity contribution >= 4 is 7.82 Å². The summed E-state index contributed by atoms with van der Waals surface area (Å²) in [5.41, 5.74) is 12.7. The van der Waals surface area contributed by atoms with Crippen LogP contribution < -0.4 is 5.73 Å². The molecule has 0 aromatic rings. The van der Waals surface area contributed by atoms with E-state index in [4.69, 9.17) is 39.0 Å². The first-order valence-corrected chi connectivity index (χ1v) is 10.0. The summed E-state index contributed by atoms with van der Waals surface area (Å²) in [5, 5.41) is 23.4. The Morgan fingerprint density at radius 3 is 2.56 bits per heavy atom. The number of nitrogens with zero attached hydrogens (tertiary/aromatic N) is 1. The molecule has 0 aliphatic carbocycles. The number of nitrogens with one attached hydrogen (secondary N) is 1. The zero-order chi connectivity index (χ0) is 20.2. The van der Waals surface area contributed by atoms with Crippen LogP contribution in [0.4, 0.5) is 0 Å². The zero-order valence-electron chi connectivity index (χ0n) is 15.5. The average Bonchev–Trinajstić information content (AvgIpc) is 2.98. The van der Waals surface area contributed by atoms with Crippen LogP contribution in [-0.4, -0.2) is 80.6 Å². The molecule has 0 aromatic heterocycles. The SMILES string of the molecule is CC[C@H]1CO[C@@H](N)C(O)C1OP(=O)(OC)OC[C@H]1O[C@@H](N=N)C(O)C1OC. The van der Waals surface area contributed by atoms with E-state index < -0.39 is 50.8 Å². The average molecular weight is 413 g/mol. The van der Waals surface area contributed by atoms with E-state index in [2.05, 4.69) is 5.11 Å². The van der Waals surface area contributed by atoms with Gasteiger partial charge in [-0.2, -0.15) is 5.11 Å². The summed E-state index contributed by atoms with van der Waals surface area (Å²) in [5.74, 6) is -0.255. The van der Waals surface area contributed by atoms with Gasteiger partial charge in [0.2, 0.25) is 0 Å². The highest BCUT2D eigenvalue weighted by Crippen LogP contribution is 2.52. The van der Waals surface area contributed by atoms with Crippen molar-refractivity contribution in [1.82, 2.24) is 0 Å². The van der Waals surface area contributed by atoms with Gasteiger partial charge in [0, 0.05) is 20.1 Å². The molecule has 0 aromatic carbocycles. The maximum atomic E-state index is 12.9. The third kappa shape index (κ3) is 5.10. The lowest BCUT2D eigenvalue weighted by atomic mass is 9.93. The number of hydrogen-bond acceptors (Lipinski definition) is 12. The van der Waals surface area contributed by atoms with Crippen molar-refractivity contribution in [2.75, 3.05) is 27.4 Å². The molecule has 2 saturated heterocycles. The number of phosphoric acid groups is 1. The third-order valence-corrected chi connectivity index (χ3v) is 6.16. The van der Waals surface area contributed by atoms with E-state index in [9.17, 15) is 14.8 Å². The Morgan fingerprint density at radius 1 is 1.30 bits per heavy atom. The molecule has 158 valence electrons. The van der Waals surface area contributed by atoms with Gasteiger partial charge in [0.25, 0.3) is 0 Å². The molecule has 13 heteroatoms. The molecule has 0 bridgehead atoms. The Bertz CT molecular complexity index is 540. The van der Waals surface area contributed by atoms with Crippen molar-refractivity contribution in [3.63, 3.8) is 0 Å². The Morgan fingerprint density at radius 2 is 2.00 bits per heavy atom. The van der Waals surface area contributed by atoms with Crippen molar-refractivity contribution in [1.29, 1.82) is 5.53 Å². The van der Waals surface area contributed by atoms with Gasteiger partial charge in [-0.25, -0.2) is 10.1 Å². The molecule has 2 heterocycles. The molecule has 0 saturated carbocycles. The minimum atomic E-state index is -4.09. The minimum Gasteiger partial charge on any atom is -0.386 e. The molecule has 2 rings (SSSR count). The van der Waals surface area contributed by atoms with Crippen LogP contribution in [0.2, 0.25) is 0 Å². The van der Waals surface area contributed by atoms with E-state index in [1.54, 1.807) is 0 Å². The van der Waals surface area contributed by atoms with Crippen LogP contribution in [0.1, 0.15) is 13.3 Å². The standard InChI is InChI=1S/C14H28N3O9P/c1-4-7-5-23-13(15)9(18)11(7)26-27(20,22-3)24-6-8-12(21-2)10(19)14(17-16)25-8/h7-14,16,18-19H,4-6,15H2,1-3H3/t7-,8+,9?,10?,11?,12?,13+,14+,27?/m0/s1. The monoisotopic (exact) mass is 413 g/mol. The van der Waals surface area contributed by atoms with Crippen LogP contribution in [0, 0.1) is 11.4 Å². The topological polar surface area (TPSA) is 175 Å². The second kappa shape index (κ2) is 9.79. The lowest BCUT2D eigenvalue weighted by Gasteiger charge is -2.39. The van der Waals surface area contributed by atoms with Crippen LogP contribution in [0.15, 0.2) is 5.11 Å². The Balaban J connectivity index is 2.04. The summed E-state index contributed by atoms with van der Waals surface area (Å²) in [7, 11) is -1.58. The largest absolute Gasteiger partial charge is 0.474 e. The predicted octanol–water partition coefficient (Wildman–Crippen LogP) is -0.0234. The number of methoxy groups -OCH3 is 1. The summed E-state index contributed by atoms with van der Waals surface area (Å²) < 4.78 is 44.4. The Hall–Kier alpha value is -0.530. The highest BCUT2D eigenvalue weighted by Gasteiger charge is 2.47. The Kier molecular flexibility index (Phi) is 8.25. The van der Waals surface area contributed by atoms with Crippen LogP contribution >= 0.6 is 7.82 Å². The highest BCUT2D eigenvalue weighted by molar-refractivity contribution is 7.48. The zero-order valence-corrected chi connectivity index (χ0v) is 16.4. The maximum absolute atomic E-state index is 12.9. The number of rotatable bonds is 9. The quantitative estimate of drug-likeness (QED) is 0.297.